The zero-order chi connectivity index (χ0) is 27.6. The van der Waals surface area contributed by atoms with Crippen molar-refractivity contribution in [3.8, 4) is 0 Å². The van der Waals surface area contributed by atoms with Gasteiger partial charge in [-0.1, -0.05) is 24.3 Å². The Balaban J connectivity index is 1.61. The van der Waals surface area contributed by atoms with E-state index in [9.17, 15) is 28.4 Å². The summed E-state index contributed by atoms with van der Waals surface area (Å²) in [5, 5.41) is 16.5. The summed E-state index contributed by atoms with van der Waals surface area (Å²) in [5.74, 6) is -4.03. The molecule has 0 bridgehead atoms. The van der Waals surface area contributed by atoms with Gasteiger partial charge in [-0.2, -0.15) is 0 Å². The number of H-pyrrole nitrogens is 1. The molecule has 38 heavy (non-hydrogen) atoms. The van der Waals surface area contributed by atoms with Crippen molar-refractivity contribution < 1.29 is 28.7 Å². The van der Waals surface area contributed by atoms with Gasteiger partial charge in [-0.25, -0.2) is 18.7 Å². The Morgan fingerprint density at radius 3 is 2.42 bits per heavy atom. The third-order valence-corrected chi connectivity index (χ3v) is 5.65. The molecule has 0 spiro atoms. The maximum atomic E-state index is 13.5. The number of rotatable bonds is 8. The summed E-state index contributed by atoms with van der Waals surface area (Å²) in [7, 11) is 0. The number of fused-ring (bicyclic) bond motifs is 1. The van der Waals surface area contributed by atoms with E-state index in [-0.39, 0.29) is 40.5 Å². The van der Waals surface area contributed by atoms with E-state index in [0.29, 0.717) is 11.1 Å². The van der Waals surface area contributed by atoms with Crippen molar-refractivity contribution in [2.24, 2.45) is 5.73 Å². The van der Waals surface area contributed by atoms with Gasteiger partial charge in [-0.15, -0.1) is 0 Å². The molecule has 0 saturated heterocycles. The Morgan fingerprint density at radius 2 is 1.79 bits per heavy atom. The van der Waals surface area contributed by atoms with Gasteiger partial charge in [0.15, 0.2) is 5.65 Å². The predicted octanol–water partition coefficient (Wildman–Crippen LogP) is 1.05. The summed E-state index contributed by atoms with van der Waals surface area (Å²) < 4.78 is 14.6. The number of nitrogens with two attached hydrogens (primary N) is 1. The van der Waals surface area contributed by atoms with Crippen molar-refractivity contribution in [3.05, 3.63) is 104 Å². The van der Waals surface area contributed by atoms with E-state index in [2.05, 4.69) is 20.7 Å². The lowest BCUT2D eigenvalue weighted by atomic mass is 10.0. The highest BCUT2D eigenvalue weighted by molar-refractivity contribution is 6.00. The highest BCUT2D eigenvalue weighted by Gasteiger charge is 2.24. The number of amides is 3. The molecule has 0 radical (unpaired) electrons. The average Bonchev–Trinajstić information content (AvgIpc) is 3.26. The lowest BCUT2D eigenvalue weighted by Gasteiger charge is -2.16. The minimum absolute atomic E-state index is 0.0280. The fourth-order valence-corrected chi connectivity index (χ4v) is 3.71. The molecule has 3 amide bonds. The van der Waals surface area contributed by atoms with Crippen LogP contribution >= 0.6 is 0 Å². The Morgan fingerprint density at radius 1 is 1.08 bits per heavy atom. The van der Waals surface area contributed by atoms with Crippen LogP contribution in [0.15, 0.2) is 59.4 Å². The van der Waals surface area contributed by atoms with Gasteiger partial charge in [-0.05, 0) is 41.8 Å². The summed E-state index contributed by atoms with van der Waals surface area (Å²) >= 11 is 0. The number of benzene rings is 2. The van der Waals surface area contributed by atoms with E-state index in [0.717, 1.165) is 16.6 Å². The van der Waals surface area contributed by atoms with Gasteiger partial charge in [0.05, 0.1) is 5.56 Å². The quantitative estimate of drug-likeness (QED) is 0.229. The fraction of sp³-hybridized carbons (Fsp3) is 0.120. The molecule has 0 unspecified atom stereocenters. The maximum absolute atomic E-state index is 13.5. The molecular formula is C25H21FN6O6. The zero-order valence-electron chi connectivity index (χ0n) is 19.8. The third kappa shape index (κ3) is 5.41. The van der Waals surface area contributed by atoms with Crippen LogP contribution in [0.25, 0.3) is 5.65 Å². The summed E-state index contributed by atoms with van der Waals surface area (Å²) in [6, 6.07) is 10.4. The molecule has 2 heterocycles. The predicted molar refractivity (Wildman–Crippen MR) is 131 cm³/mol. The zero-order valence-corrected chi connectivity index (χ0v) is 19.8. The summed E-state index contributed by atoms with van der Waals surface area (Å²) in [6.07, 6.45) is 0. The van der Waals surface area contributed by atoms with E-state index >= 15 is 0 Å². The number of primary amides is 1. The van der Waals surface area contributed by atoms with Gasteiger partial charge in [0.1, 0.15) is 23.2 Å². The number of nitrogens with zero attached hydrogens (tertiary/aromatic N) is 2. The molecule has 2 aromatic carbocycles. The first-order valence-corrected chi connectivity index (χ1v) is 11.1. The molecule has 6 N–H and O–H groups in total. The lowest BCUT2D eigenvalue weighted by molar-refractivity contribution is -0.120. The minimum atomic E-state index is -1.34. The van der Waals surface area contributed by atoms with Crippen molar-refractivity contribution in [2.45, 2.75) is 19.5 Å². The molecular weight excluding hydrogens is 499 g/mol. The van der Waals surface area contributed by atoms with Crippen LogP contribution in [0.1, 0.15) is 54.1 Å². The molecule has 4 aromatic rings. The van der Waals surface area contributed by atoms with Gasteiger partial charge >= 0.3 is 5.97 Å². The second kappa shape index (κ2) is 10.3. The molecule has 0 fully saturated rings. The first kappa shape index (κ1) is 25.8. The highest BCUT2D eigenvalue weighted by Crippen LogP contribution is 2.16. The largest absolute Gasteiger partial charge is 0.478 e. The van der Waals surface area contributed by atoms with Crippen LogP contribution in [0.2, 0.25) is 0 Å². The number of halogens is 1. The van der Waals surface area contributed by atoms with Crippen molar-refractivity contribution in [1.29, 1.82) is 0 Å². The molecule has 2 aromatic heterocycles. The van der Waals surface area contributed by atoms with E-state index in [1.807, 2.05) is 0 Å². The molecule has 0 aliphatic carbocycles. The van der Waals surface area contributed by atoms with Gasteiger partial charge in [0.2, 0.25) is 5.91 Å². The van der Waals surface area contributed by atoms with Crippen LogP contribution in [-0.4, -0.2) is 43.4 Å². The van der Waals surface area contributed by atoms with Crippen LogP contribution < -0.4 is 21.9 Å². The monoisotopic (exact) mass is 520 g/mol. The second-order valence-corrected chi connectivity index (χ2v) is 8.34. The van der Waals surface area contributed by atoms with Gasteiger partial charge < -0.3 is 21.5 Å². The second-order valence-electron chi connectivity index (χ2n) is 8.34. The number of carbonyl (C=O) groups is 4. The summed E-state index contributed by atoms with van der Waals surface area (Å²) in [5.41, 5.74) is 5.63. The summed E-state index contributed by atoms with van der Waals surface area (Å²) in [4.78, 5) is 65.2. The maximum Gasteiger partial charge on any atom is 0.335 e. The molecule has 0 aliphatic rings. The van der Waals surface area contributed by atoms with Gasteiger partial charge in [0.25, 0.3) is 17.4 Å². The van der Waals surface area contributed by atoms with Crippen molar-refractivity contribution in [2.75, 3.05) is 0 Å². The third-order valence-electron chi connectivity index (χ3n) is 5.65. The Labute approximate surface area is 213 Å². The molecule has 1 atom stereocenters. The topological polar surface area (TPSA) is 189 Å². The molecule has 0 aliphatic heterocycles. The minimum Gasteiger partial charge on any atom is -0.478 e. The van der Waals surface area contributed by atoms with Crippen LogP contribution in [0.5, 0.6) is 0 Å². The smallest absolute Gasteiger partial charge is 0.335 e. The first-order chi connectivity index (χ1) is 18.0. The van der Waals surface area contributed by atoms with E-state index in [1.54, 1.807) is 13.0 Å². The van der Waals surface area contributed by atoms with Crippen LogP contribution in [0, 0.1) is 12.7 Å². The standard InChI is InChI=1S/C25H21FN6O6/c1-12-8-13(2-7-16(12)26)11-28-24(36)18-9-17(29-19-10-20(33)31-32(18)19)23(35)30-21(22(27)34)14-3-5-15(6-4-14)25(37)38/h2-10,21H,11H2,1H3,(H2,27,34)(H,28,36)(H,30,35)(H,31,33)(H,37,38)/t21-/m1/s1. The number of hydrogen-bond donors (Lipinski definition) is 5. The first-order valence-electron chi connectivity index (χ1n) is 11.1. The van der Waals surface area contributed by atoms with E-state index in [4.69, 9.17) is 10.8 Å². The Hall–Kier alpha value is -5.33. The van der Waals surface area contributed by atoms with Gasteiger partial charge in [0, 0.05) is 18.7 Å². The fourth-order valence-electron chi connectivity index (χ4n) is 3.71. The van der Waals surface area contributed by atoms with Crippen molar-refractivity contribution in [3.63, 3.8) is 0 Å². The molecule has 0 saturated carbocycles. The Bertz CT molecular complexity index is 1640. The number of carbonyl (C=O) groups excluding carboxylic acids is 3. The molecule has 13 heteroatoms. The van der Waals surface area contributed by atoms with E-state index < -0.39 is 35.3 Å². The number of nitrogens with one attached hydrogen (secondary N) is 3. The van der Waals surface area contributed by atoms with Crippen molar-refractivity contribution >= 4 is 29.3 Å². The Kier molecular flexibility index (Phi) is 7.01. The number of hydrogen-bond acceptors (Lipinski definition) is 6. The number of carboxylic acid groups (broad SMARTS) is 1. The van der Waals surface area contributed by atoms with E-state index in [1.165, 1.54) is 36.4 Å². The molecule has 4 rings (SSSR count). The van der Waals surface area contributed by atoms with Gasteiger partial charge in [-0.3, -0.25) is 24.3 Å². The number of aromatic carboxylic acids is 1. The number of aryl methyl sites for hydroxylation is 1. The molecule has 194 valence electrons. The normalized spacial score (nSPS) is 11.6. The van der Waals surface area contributed by atoms with Crippen LogP contribution in [-0.2, 0) is 11.3 Å². The summed E-state index contributed by atoms with van der Waals surface area (Å²) in [6.45, 7) is 1.62. The molecule has 12 nitrogen and oxygen atoms in total. The SMILES string of the molecule is Cc1cc(CNC(=O)c2cc(C(=O)N[C@@H](C(N)=O)c3ccc(C(=O)O)cc3)nc3cc(=O)[nH]n23)ccc1F. The number of aromatic nitrogens is 3. The number of aromatic amines is 1. The number of carboxylic acids is 1. The van der Waals surface area contributed by atoms with Crippen LogP contribution in [0.4, 0.5) is 4.39 Å². The highest BCUT2D eigenvalue weighted by atomic mass is 19.1. The van der Waals surface area contributed by atoms with Crippen LogP contribution in [0.3, 0.4) is 0 Å². The lowest BCUT2D eigenvalue weighted by Crippen LogP contribution is -2.38. The van der Waals surface area contributed by atoms with Crippen molar-refractivity contribution in [1.82, 2.24) is 25.2 Å². The average molecular weight is 520 g/mol.